The Kier molecular flexibility index (Phi) is 1.43. The van der Waals surface area contributed by atoms with Crippen LogP contribution in [0.3, 0.4) is 0 Å². The number of hydrogen-bond donors (Lipinski definition) is 2. The van der Waals surface area contributed by atoms with Gasteiger partial charge in [-0.3, -0.25) is 0 Å². The lowest BCUT2D eigenvalue weighted by Crippen LogP contribution is -2.59. The third-order valence-electron chi connectivity index (χ3n) is 4.06. The van der Waals surface area contributed by atoms with E-state index in [-0.39, 0.29) is 12.2 Å². The van der Waals surface area contributed by atoms with Crippen LogP contribution in [0.5, 0.6) is 0 Å². The summed E-state index contributed by atoms with van der Waals surface area (Å²) in [4.78, 5) is 0. The molecule has 1 aliphatic heterocycles. The highest BCUT2D eigenvalue weighted by Crippen LogP contribution is 2.53. The number of rotatable bonds is 0. The zero-order valence-corrected chi connectivity index (χ0v) is 7.70. The number of ether oxygens (including phenoxy) is 1. The van der Waals surface area contributed by atoms with Gasteiger partial charge in [0.15, 0.2) is 0 Å². The van der Waals surface area contributed by atoms with Crippen LogP contribution in [0.4, 0.5) is 0 Å². The fourth-order valence-corrected chi connectivity index (χ4v) is 3.09. The van der Waals surface area contributed by atoms with Crippen molar-refractivity contribution in [1.29, 1.82) is 0 Å². The van der Waals surface area contributed by atoms with Crippen LogP contribution < -0.4 is 0 Å². The van der Waals surface area contributed by atoms with Crippen LogP contribution in [-0.2, 0) is 4.74 Å². The van der Waals surface area contributed by atoms with Gasteiger partial charge in [-0.05, 0) is 12.8 Å². The summed E-state index contributed by atoms with van der Waals surface area (Å²) < 4.78 is 5.38. The van der Waals surface area contributed by atoms with E-state index in [0.717, 1.165) is 25.7 Å². The molecule has 2 N–H and O–H groups in total. The Morgan fingerprint density at radius 3 is 1.85 bits per heavy atom. The molecule has 74 valence electrons. The minimum absolute atomic E-state index is 0.239. The molecule has 1 heterocycles. The molecule has 0 aromatic heterocycles. The second-order valence-electron chi connectivity index (χ2n) is 4.89. The summed E-state index contributed by atoms with van der Waals surface area (Å²) in [5.41, 5.74) is -1.69. The van der Waals surface area contributed by atoms with Gasteiger partial charge in [0.1, 0.15) is 0 Å². The Balaban J connectivity index is 1.91. The van der Waals surface area contributed by atoms with Crippen LogP contribution in [0.15, 0.2) is 0 Å². The third-order valence-corrected chi connectivity index (χ3v) is 4.06. The third kappa shape index (κ3) is 1.01. The molecule has 0 unspecified atom stereocenters. The van der Waals surface area contributed by atoms with E-state index in [1.54, 1.807) is 0 Å². The molecule has 1 saturated heterocycles. The molecule has 3 nitrogen and oxygen atoms in total. The molecule has 0 aromatic rings. The highest BCUT2D eigenvalue weighted by molar-refractivity contribution is 5.13. The van der Waals surface area contributed by atoms with Gasteiger partial charge in [-0.2, -0.15) is 0 Å². The van der Waals surface area contributed by atoms with Crippen LogP contribution in [-0.4, -0.2) is 33.6 Å². The predicted molar refractivity (Wildman–Crippen MR) is 46.3 cm³/mol. The normalized spacial score (nSPS) is 59.5. The maximum atomic E-state index is 10.3. The predicted octanol–water partition coefficient (Wildman–Crippen LogP) is 0.584. The summed E-state index contributed by atoms with van der Waals surface area (Å²) in [6.07, 6.45) is 5.34. The summed E-state index contributed by atoms with van der Waals surface area (Å²) in [5.74, 6) is 0. The van der Waals surface area contributed by atoms with Gasteiger partial charge >= 0.3 is 0 Å². The van der Waals surface area contributed by atoms with E-state index < -0.39 is 11.2 Å². The SMILES string of the molecule is O[C@]12CCCC[C@]1(O)C[C@H]1O[C@H]1C2. The first-order chi connectivity index (χ1) is 6.13. The summed E-state index contributed by atoms with van der Waals surface area (Å²) in [6.45, 7) is 0. The zero-order valence-electron chi connectivity index (χ0n) is 7.70. The molecule has 0 bridgehead atoms. The minimum atomic E-state index is -0.844. The lowest BCUT2D eigenvalue weighted by Gasteiger charge is -2.48. The van der Waals surface area contributed by atoms with Gasteiger partial charge in [-0.15, -0.1) is 0 Å². The molecule has 3 fully saturated rings. The van der Waals surface area contributed by atoms with Crippen LogP contribution in [0.2, 0.25) is 0 Å². The number of epoxide rings is 1. The lowest BCUT2D eigenvalue weighted by atomic mass is 9.64. The Bertz CT molecular complexity index is 218. The summed E-state index contributed by atoms with van der Waals surface area (Å²) in [5, 5.41) is 20.6. The van der Waals surface area contributed by atoms with E-state index in [4.69, 9.17) is 4.74 Å². The topological polar surface area (TPSA) is 53.0 Å². The zero-order chi connectivity index (χ0) is 9.10. The largest absolute Gasteiger partial charge is 0.387 e. The maximum absolute atomic E-state index is 10.3. The summed E-state index contributed by atoms with van der Waals surface area (Å²) in [7, 11) is 0. The second-order valence-corrected chi connectivity index (χ2v) is 4.89. The number of aliphatic hydroxyl groups is 2. The average molecular weight is 184 g/mol. The Labute approximate surface area is 77.7 Å². The number of fused-ring (bicyclic) bond motifs is 2. The van der Waals surface area contributed by atoms with Crippen LogP contribution in [0.25, 0.3) is 0 Å². The first kappa shape index (κ1) is 8.21. The molecule has 0 spiro atoms. The van der Waals surface area contributed by atoms with Crippen molar-refractivity contribution in [1.82, 2.24) is 0 Å². The fraction of sp³-hybridized carbons (Fsp3) is 1.00. The first-order valence-electron chi connectivity index (χ1n) is 5.23. The van der Waals surface area contributed by atoms with Crippen molar-refractivity contribution in [3.05, 3.63) is 0 Å². The lowest BCUT2D eigenvalue weighted by molar-refractivity contribution is -0.189. The van der Waals surface area contributed by atoms with Gasteiger partial charge in [0.2, 0.25) is 0 Å². The molecule has 3 rings (SSSR count). The fourth-order valence-electron chi connectivity index (χ4n) is 3.09. The van der Waals surface area contributed by atoms with Gasteiger partial charge in [-0.25, -0.2) is 0 Å². The van der Waals surface area contributed by atoms with E-state index in [1.165, 1.54) is 0 Å². The molecule has 0 radical (unpaired) electrons. The van der Waals surface area contributed by atoms with E-state index in [9.17, 15) is 10.2 Å². The van der Waals surface area contributed by atoms with Gasteiger partial charge in [0, 0.05) is 12.8 Å². The standard InChI is InChI=1S/C10H16O3/c11-9-3-1-2-4-10(9,12)6-8-7(5-9)13-8/h7-8,11-12H,1-6H2/t7-,8+,9-,10-/m0/s1. The Morgan fingerprint density at radius 1 is 0.923 bits per heavy atom. The second kappa shape index (κ2) is 2.27. The monoisotopic (exact) mass is 184 g/mol. The average Bonchev–Trinajstić information content (AvgIpc) is 2.76. The summed E-state index contributed by atoms with van der Waals surface area (Å²) in [6, 6.07) is 0. The molecule has 0 amide bonds. The quantitative estimate of drug-likeness (QED) is 0.541. The van der Waals surface area contributed by atoms with Gasteiger partial charge in [0.25, 0.3) is 0 Å². The van der Waals surface area contributed by atoms with Crippen molar-refractivity contribution in [2.24, 2.45) is 0 Å². The van der Waals surface area contributed by atoms with Crippen LogP contribution in [0.1, 0.15) is 38.5 Å². The molecule has 2 saturated carbocycles. The molecular formula is C10H16O3. The first-order valence-corrected chi connectivity index (χ1v) is 5.23. The van der Waals surface area contributed by atoms with Crippen molar-refractivity contribution in [3.63, 3.8) is 0 Å². The van der Waals surface area contributed by atoms with Gasteiger partial charge in [0.05, 0.1) is 23.4 Å². The van der Waals surface area contributed by atoms with Crippen molar-refractivity contribution >= 4 is 0 Å². The molecule has 2 aliphatic carbocycles. The van der Waals surface area contributed by atoms with Crippen LogP contribution in [0, 0.1) is 0 Å². The van der Waals surface area contributed by atoms with Gasteiger partial charge < -0.3 is 14.9 Å². The molecule has 3 aliphatic rings. The molecule has 13 heavy (non-hydrogen) atoms. The highest BCUT2D eigenvalue weighted by atomic mass is 16.6. The Hall–Kier alpha value is -0.120. The summed E-state index contributed by atoms with van der Waals surface area (Å²) >= 11 is 0. The highest BCUT2D eigenvalue weighted by Gasteiger charge is 2.62. The molecule has 3 heteroatoms. The smallest absolute Gasteiger partial charge is 0.0960 e. The molecule has 4 atom stereocenters. The molecular weight excluding hydrogens is 168 g/mol. The van der Waals surface area contributed by atoms with Crippen molar-refractivity contribution in [2.75, 3.05) is 0 Å². The van der Waals surface area contributed by atoms with Crippen molar-refractivity contribution < 1.29 is 14.9 Å². The van der Waals surface area contributed by atoms with Crippen LogP contribution >= 0.6 is 0 Å². The minimum Gasteiger partial charge on any atom is -0.387 e. The van der Waals surface area contributed by atoms with Gasteiger partial charge in [-0.1, -0.05) is 12.8 Å². The van der Waals surface area contributed by atoms with Crippen molar-refractivity contribution in [2.45, 2.75) is 61.9 Å². The van der Waals surface area contributed by atoms with Crippen molar-refractivity contribution in [3.8, 4) is 0 Å². The Morgan fingerprint density at radius 2 is 1.38 bits per heavy atom. The van der Waals surface area contributed by atoms with E-state index in [0.29, 0.717) is 12.8 Å². The number of hydrogen-bond acceptors (Lipinski definition) is 3. The maximum Gasteiger partial charge on any atom is 0.0960 e. The van der Waals surface area contributed by atoms with E-state index >= 15 is 0 Å². The van der Waals surface area contributed by atoms with E-state index in [2.05, 4.69) is 0 Å². The van der Waals surface area contributed by atoms with E-state index in [1.807, 2.05) is 0 Å². The molecule has 0 aromatic carbocycles.